The number of hydrogen-bond donors (Lipinski definition) is 1. The molecule has 3 rings (SSSR count). The lowest BCUT2D eigenvalue weighted by atomic mass is 10.1. The third kappa shape index (κ3) is 4.27. The molecule has 1 aliphatic carbocycles. The Balaban J connectivity index is 1.55. The number of benzene rings is 1. The first-order valence-electron chi connectivity index (χ1n) is 9.12. The van der Waals surface area contributed by atoms with Gasteiger partial charge in [-0.3, -0.25) is 9.59 Å². The monoisotopic (exact) mass is 368 g/mol. The highest BCUT2D eigenvalue weighted by Gasteiger charge is 2.28. The Hall–Kier alpha value is -2.89. The minimum absolute atomic E-state index is 0.232. The zero-order valence-corrected chi connectivity index (χ0v) is 15.8. The molecule has 1 aromatic carbocycles. The number of carbonyl (C=O) groups is 3. The molecule has 0 spiro atoms. The van der Waals surface area contributed by atoms with Gasteiger partial charge in [0.15, 0.2) is 6.61 Å². The number of nitrogens with one attached hydrogen (secondary N) is 1. The van der Waals surface area contributed by atoms with Gasteiger partial charge >= 0.3 is 5.97 Å². The van der Waals surface area contributed by atoms with Crippen LogP contribution in [0, 0.1) is 13.8 Å². The summed E-state index contributed by atoms with van der Waals surface area (Å²) >= 11 is 0. The van der Waals surface area contributed by atoms with Gasteiger partial charge in [0.05, 0.1) is 0 Å². The predicted molar refractivity (Wildman–Crippen MR) is 101 cm³/mol. The molecular formula is C21H24N2O4. The van der Waals surface area contributed by atoms with Gasteiger partial charge in [-0.25, -0.2) is 4.79 Å². The topological polar surface area (TPSA) is 77.4 Å². The Kier molecular flexibility index (Phi) is 5.44. The lowest BCUT2D eigenvalue weighted by Crippen LogP contribution is -2.40. The number of ether oxygens (including phenoxy) is 1. The summed E-state index contributed by atoms with van der Waals surface area (Å²) in [4.78, 5) is 36.7. The summed E-state index contributed by atoms with van der Waals surface area (Å²) < 4.78 is 7.30. The molecule has 142 valence electrons. The van der Waals surface area contributed by atoms with Crippen LogP contribution < -0.4 is 5.32 Å². The fourth-order valence-electron chi connectivity index (χ4n) is 3.22. The first-order valence-corrected chi connectivity index (χ1v) is 9.12. The van der Waals surface area contributed by atoms with Crippen LogP contribution in [-0.4, -0.2) is 34.9 Å². The zero-order valence-electron chi connectivity index (χ0n) is 15.8. The van der Waals surface area contributed by atoms with E-state index in [4.69, 9.17) is 4.74 Å². The van der Waals surface area contributed by atoms with Crippen molar-refractivity contribution in [3.8, 4) is 0 Å². The number of aryl methyl sites for hydroxylation is 1. The highest BCUT2D eigenvalue weighted by Crippen LogP contribution is 2.38. The smallest absolute Gasteiger partial charge is 0.328 e. The van der Waals surface area contributed by atoms with Crippen LogP contribution in [0.15, 0.2) is 36.4 Å². The Bertz CT molecular complexity index is 866. The summed E-state index contributed by atoms with van der Waals surface area (Å²) in [6.07, 6.45) is 2.27. The van der Waals surface area contributed by atoms with Crippen LogP contribution >= 0.6 is 0 Å². The van der Waals surface area contributed by atoms with Gasteiger partial charge in [-0.15, -0.1) is 0 Å². The maximum absolute atomic E-state index is 12.5. The average Bonchev–Trinajstić information content (AvgIpc) is 3.44. The number of esters is 1. The number of carbonyl (C=O) groups excluding carboxylic acids is 3. The fraction of sp³-hybridized carbons (Fsp3) is 0.381. The zero-order chi connectivity index (χ0) is 19.6. The molecule has 1 heterocycles. The number of nitrogens with zero attached hydrogens (tertiary/aromatic N) is 1. The van der Waals surface area contributed by atoms with Gasteiger partial charge in [0, 0.05) is 28.6 Å². The molecule has 27 heavy (non-hydrogen) atoms. The van der Waals surface area contributed by atoms with Gasteiger partial charge in [-0.2, -0.15) is 0 Å². The van der Waals surface area contributed by atoms with Crippen LogP contribution in [0.3, 0.4) is 0 Å². The van der Waals surface area contributed by atoms with Crippen LogP contribution in [0.1, 0.15) is 57.9 Å². The Morgan fingerprint density at radius 2 is 1.85 bits per heavy atom. The normalized spacial score (nSPS) is 14.5. The second-order valence-corrected chi connectivity index (χ2v) is 6.98. The maximum Gasteiger partial charge on any atom is 0.328 e. The van der Waals surface area contributed by atoms with Crippen LogP contribution in [0.4, 0.5) is 0 Å². The van der Waals surface area contributed by atoms with Gasteiger partial charge in [0.2, 0.25) is 5.78 Å². The van der Waals surface area contributed by atoms with E-state index in [0.29, 0.717) is 17.2 Å². The summed E-state index contributed by atoms with van der Waals surface area (Å²) in [6, 6.07) is 10.1. The lowest BCUT2D eigenvalue weighted by Gasteiger charge is -2.13. The molecule has 1 saturated carbocycles. The third-order valence-corrected chi connectivity index (χ3v) is 4.78. The van der Waals surface area contributed by atoms with E-state index >= 15 is 0 Å². The summed E-state index contributed by atoms with van der Waals surface area (Å²) in [7, 11) is 0. The van der Waals surface area contributed by atoms with Crippen molar-refractivity contribution >= 4 is 17.7 Å². The van der Waals surface area contributed by atoms with E-state index in [9.17, 15) is 14.4 Å². The number of Topliss-reactive ketones (excluding diaryl/α,β-unsaturated/α-hetero) is 1. The van der Waals surface area contributed by atoms with Crippen LogP contribution in [0.2, 0.25) is 0 Å². The van der Waals surface area contributed by atoms with E-state index in [2.05, 4.69) is 9.88 Å². The largest absolute Gasteiger partial charge is 0.456 e. The SMILES string of the molecule is Cc1cc(C(=O)COC(=O)[C@H](C)NC(=O)c2ccccc2)c(C)n1C1CC1. The van der Waals surface area contributed by atoms with E-state index < -0.39 is 12.0 Å². The highest BCUT2D eigenvalue weighted by molar-refractivity contribution is 6.00. The number of ketones is 1. The van der Waals surface area contributed by atoms with Crippen molar-refractivity contribution in [2.75, 3.05) is 6.61 Å². The summed E-state index contributed by atoms with van der Waals surface area (Å²) in [5.74, 6) is -1.23. The molecule has 1 aromatic heterocycles. The van der Waals surface area contributed by atoms with Gasteiger partial charge in [0.25, 0.3) is 5.91 Å². The molecule has 1 N–H and O–H groups in total. The molecule has 0 bridgehead atoms. The third-order valence-electron chi connectivity index (χ3n) is 4.78. The second kappa shape index (κ2) is 7.78. The molecule has 6 nitrogen and oxygen atoms in total. The quantitative estimate of drug-likeness (QED) is 0.602. The van der Waals surface area contributed by atoms with E-state index in [1.165, 1.54) is 6.92 Å². The number of amides is 1. The van der Waals surface area contributed by atoms with Crippen molar-refractivity contribution in [2.45, 2.75) is 45.7 Å². The van der Waals surface area contributed by atoms with Crippen molar-refractivity contribution in [1.82, 2.24) is 9.88 Å². The molecule has 1 amide bonds. The van der Waals surface area contributed by atoms with Gasteiger partial charge < -0.3 is 14.6 Å². The molecule has 1 aliphatic rings. The summed E-state index contributed by atoms with van der Waals surface area (Å²) in [5.41, 5.74) is 3.02. The minimum Gasteiger partial charge on any atom is -0.456 e. The highest BCUT2D eigenvalue weighted by atomic mass is 16.5. The first kappa shape index (κ1) is 18.9. The van der Waals surface area contributed by atoms with Gasteiger partial charge in [0.1, 0.15) is 6.04 Å². The van der Waals surface area contributed by atoms with Gasteiger partial charge in [-0.1, -0.05) is 18.2 Å². The Labute approximate surface area is 158 Å². The van der Waals surface area contributed by atoms with Crippen molar-refractivity contribution in [2.24, 2.45) is 0 Å². The van der Waals surface area contributed by atoms with E-state index in [0.717, 1.165) is 24.2 Å². The standard InChI is InChI=1S/C21H24N2O4/c1-13-11-18(15(3)23(13)17-9-10-17)19(24)12-27-21(26)14(2)22-20(25)16-7-5-4-6-8-16/h4-8,11,14,17H,9-10,12H2,1-3H3,(H,22,25)/t14-/m0/s1. The van der Waals surface area contributed by atoms with Crippen molar-refractivity contribution < 1.29 is 19.1 Å². The fourth-order valence-corrected chi connectivity index (χ4v) is 3.22. The summed E-state index contributed by atoms with van der Waals surface area (Å²) in [6.45, 7) is 5.10. The van der Waals surface area contributed by atoms with Crippen molar-refractivity contribution in [1.29, 1.82) is 0 Å². The maximum atomic E-state index is 12.5. The van der Waals surface area contributed by atoms with Crippen LogP contribution in [-0.2, 0) is 9.53 Å². The molecular weight excluding hydrogens is 344 g/mol. The molecule has 0 aliphatic heterocycles. The number of aromatic nitrogens is 1. The molecule has 1 fully saturated rings. The molecule has 0 unspecified atom stereocenters. The molecule has 0 saturated heterocycles. The Morgan fingerprint density at radius 3 is 2.48 bits per heavy atom. The first-order chi connectivity index (χ1) is 12.9. The van der Waals surface area contributed by atoms with E-state index in [1.54, 1.807) is 30.3 Å². The van der Waals surface area contributed by atoms with E-state index in [1.807, 2.05) is 19.9 Å². The van der Waals surface area contributed by atoms with Gasteiger partial charge in [-0.05, 0) is 51.8 Å². The number of rotatable bonds is 7. The Morgan fingerprint density at radius 1 is 1.19 bits per heavy atom. The lowest BCUT2D eigenvalue weighted by molar-refractivity contribution is -0.144. The van der Waals surface area contributed by atoms with Crippen molar-refractivity contribution in [3.63, 3.8) is 0 Å². The van der Waals surface area contributed by atoms with Crippen LogP contribution in [0.5, 0.6) is 0 Å². The number of hydrogen-bond acceptors (Lipinski definition) is 4. The van der Waals surface area contributed by atoms with Crippen LogP contribution in [0.25, 0.3) is 0 Å². The molecule has 2 aromatic rings. The molecule has 6 heteroatoms. The second-order valence-electron chi connectivity index (χ2n) is 6.98. The molecule has 1 atom stereocenters. The van der Waals surface area contributed by atoms with Crippen molar-refractivity contribution in [3.05, 3.63) is 58.9 Å². The molecule has 0 radical (unpaired) electrons. The summed E-state index contributed by atoms with van der Waals surface area (Å²) in [5, 5.41) is 2.58. The average molecular weight is 368 g/mol. The predicted octanol–water partition coefficient (Wildman–Crippen LogP) is 2.98. The van der Waals surface area contributed by atoms with E-state index in [-0.39, 0.29) is 18.3 Å². The minimum atomic E-state index is -0.843.